The maximum Gasteiger partial charge on any atom is 0.415 e. The summed E-state index contributed by atoms with van der Waals surface area (Å²) in [6, 6.07) is 10.9. The van der Waals surface area contributed by atoms with Crippen molar-refractivity contribution in [3.63, 3.8) is 0 Å². The van der Waals surface area contributed by atoms with Crippen LogP contribution in [0.15, 0.2) is 41.2 Å². The van der Waals surface area contributed by atoms with Crippen molar-refractivity contribution >= 4 is 17.7 Å². The van der Waals surface area contributed by atoms with Crippen LogP contribution in [0.2, 0.25) is 5.02 Å². The SMILES string of the molecule is COc1ccc(OC(=O)N2C[C@@H]3C[C@H]2c2c(O)n(-c4ccc(C#N)c(Cl)c4C)c(=O)n23)cc1. The van der Waals surface area contributed by atoms with Gasteiger partial charge in [0.15, 0.2) is 0 Å². The predicted molar refractivity (Wildman–Crippen MR) is 118 cm³/mol. The van der Waals surface area contributed by atoms with Crippen LogP contribution >= 0.6 is 11.6 Å². The quantitative estimate of drug-likeness (QED) is 0.630. The van der Waals surface area contributed by atoms with Crippen LogP contribution < -0.4 is 15.2 Å². The number of hydrogen-bond donors (Lipinski definition) is 1. The molecule has 0 saturated carbocycles. The second kappa shape index (κ2) is 7.60. The Hall–Kier alpha value is -3.90. The average Bonchev–Trinajstić information content (AvgIpc) is 3.48. The Kier molecular flexibility index (Phi) is 4.83. The number of imidazole rings is 1. The standard InChI is InChI=1S/C23H19ClN4O5/c1-12-17(8-3-13(10-25)19(12)24)28-21(29)20-18-9-14(27(20)22(28)30)11-26(18)23(31)33-16-6-4-15(32-2)5-7-16/h3-8,14,18,29H,9,11H2,1-2H3/t14-,18-/m0/s1. The van der Waals surface area contributed by atoms with E-state index in [0.29, 0.717) is 41.4 Å². The fourth-order valence-electron chi connectivity index (χ4n) is 4.67. The molecule has 0 spiro atoms. The van der Waals surface area contributed by atoms with E-state index in [1.54, 1.807) is 44.4 Å². The topological polar surface area (TPSA) is 110 Å². The van der Waals surface area contributed by atoms with Crippen LogP contribution in [-0.2, 0) is 0 Å². The van der Waals surface area contributed by atoms with Gasteiger partial charge >= 0.3 is 11.8 Å². The molecule has 2 aliphatic rings. The van der Waals surface area contributed by atoms with E-state index in [2.05, 4.69) is 0 Å². The third-order valence-electron chi connectivity index (χ3n) is 6.28. The molecule has 3 aromatic rings. The fourth-order valence-corrected chi connectivity index (χ4v) is 4.87. The third kappa shape index (κ3) is 3.06. The van der Waals surface area contributed by atoms with Crippen LogP contribution in [0.5, 0.6) is 17.4 Å². The zero-order chi connectivity index (χ0) is 23.4. The molecule has 1 N–H and O–H groups in total. The van der Waals surface area contributed by atoms with Crippen LogP contribution in [0, 0.1) is 18.3 Å². The van der Waals surface area contributed by atoms with E-state index in [-0.39, 0.29) is 22.5 Å². The second-order valence-corrected chi connectivity index (χ2v) is 8.36. The van der Waals surface area contributed by atoms with E-state index in [1.807, 2.05) is 6.07 Å². The highest BCUT2D eigenvalue weighted by Crippen LogP contribution is 2.49. The Labute approximate surface area is 193 Å². The van der Waals surface area contributed by atoms with Gasteiger partial charge in [0.25, 0.3) is 0 Å². The zero-order valence-corrected chi connectivity index (χ0v) is 18.5. The minimum absolute atomic E-state index is 0.223. The summed E-state index contributed by atoms with van der Waals surface area (Å²) in [5, 5.41) is 20.4. The van der Waals surface area contributed by atoms with Crippen molar-refractivity contribution in [2.24, 2.45) is 0 Å². The number of hydrogen-bond acceptors (Lipinski definition) is 6. The molecule has 2 atom stereocenters. The van der Waals surface area contributed by atoms with Crippen molar-refractivity contribution in [1.29, 1.82) is 5.26 Å². The number of ether oxygens (including phenoxy) is 2. The van der Waals surface area contributed by atoms with Gasteiger partial charge in [-0.2, -0.15) is 5.26 Å². The molecule has 33 heavy (non-hydrogen) atoms. The normalized spacial score (nSPS) is 18.2. The number of likely N-dealkylation sites (tertiary alicyclic amines) is 1. The summed E-state index contributed by atoms with van der Waals surface area (Å²) in [6.45, 7) is 1.98. The summed E-state index contributed by atoms with van der Waals surface area (Å²) in [7, 11) is 1.55. The van der Waals surface area contributed by atoms with Crippen molar-refractivity contribution in [2.45, 2.75) is 25.4 Å². The molecule has 9 nitrogen and oxygen atoms in total. The molecule has 2 bridgehead atoms. The summed E-state index contributed by atoms with van der Waals surface area (Å²) in [6.07, 6.45) is -0.0415. The Morgan fingerprint density at radius 2 is 1.91 bits per heavy atom. The lowest BCUT2D eigenvalue weighted by Crippen LogP contribution is -2.39. The third-order valence-corrected chi connectivity index (χ3v) is 6.76. The number of fused-ring (bicyclic) bond motifs is 5. The van der Waals surface area contributed by atoms with Gasteiger partial charge in [-0.25, -0.2) is 14.2 Å². The molecular weight excluding hydrogens is 448 g/mol. The molecule has 2 aromatic carbocycles. The first-order valence-corrected chi connectivity index (χ1v) is 10.6. The minimum atomic E-state index is -0.559. The van der Waals surface area contributed by atoms with Gasteiger partial charge in [-0.3, -0.25) is 9.47 Å². The van der Waals surface area contributed by atoms with Gasteiger partial charge in [-0.1, -0.05) is 11.6 Å². The number of nitrogens with zero attached hydrogens (tertiary/aromatic N) is 4. The van der Waals surface area contributed by atoms with Crippen molar-refractivity contribution in [3.05, 3.63) is 68.7 Å². The van der Waals surface area contributed by atoms with E-state index in [0.717, 1.165) is 0 Å². The highest BCUT2D eigenvalue weighted by molar-refractivity contribution is 6.32. The molecule has 10 heteroatoms. The fraction of sp³-hybridized carbons (Fsp3) is 0.261. The molecule has 3 heterocycles. The number of rotatable bonds is 3. The second-order valence-electron chi connectivity index (χ2n) is 7.98. The smallest absolute Gasteiger partial charge is 0.415 e. The zero-order valence-electron chi connectivity index (χ0n) is 17.8. The first-order valence-electron chi connectivity index (χ1n) is 10.2. The molecule has 0 unspecified atom stereocenters. The predicted octanol–water partition coefficient (Wildman–Crippen LogP) is 3.69. The number of nitriles is 1. The van der Waals surface area contributed by atoms with Crippen LogP contribution in [-0.4, -0.2) is 38.9 Å². The van der Waals surface area contributed by atoms with Crippen LogP contribution in [0.1, 0.15) is 35.3 Å². The van der Waals surface area contributed by atoms with Crippen molar-refractivity contribution in [2.75, 3.05) is 13.7 Å². The van der Waals surface area contributed by atoms with Gasteiger partial charge in [0, 0.05) is 6.54 Å². The summed E-state index contributed by atoms with van der Waals surface area (Å²) in [4.78, 5) is 27.6. The summed E-state index contributed by atoms with van der Waals surface area (Å²) >= 11 is 6.27. The van der Waals surface area contributed by atoms with Gasteiger partial charge < -0.3 is 14.6 Å². The van der Waals surface area contributed by atoms with Gasteiger partial charge in [0.2, 0.25) is 5.88 Å². The minimum Gasteiger partial charge on any atom is -0.497 e. The van der Waals surface area contributed by atoms with Crippen LogP contribution in [0.3, 0.4) is 0 Å². The first kappa shape index (κ1) is 21.0. The number of halogens is 1. The van der Waals surface area contributed by atoms with Crippen molar-refractivity contribution in [1.82, 2.24) is 14.0 Å². The Morgan fingerprint density at radius 3 is 2.58 bits per heavy atom. The van der Waals surface area contributed by atoms with E-state index >= 15 is 0 Å². The number of carbonyl (C=O) groups is 1. The summed E-state index contributed by atoms with van der Waals surface area (Å²) < 4.78 is 13.3. The van der Waals surface area contributed by atoms with E-state index in [4.69, 9.17) is 21.1 Å². The molecule has 1 aromatic heterocycles. The Bertz CT molecular complexity index is 1390. The molecule has 2 aliphatic heterocycles. The van der Waals surface area contributed by atoms with E-state index in [1.165, 1.54) is 20.1 Å². The number of aromatic hydroxyl groups is 1. The number of aromatic nitrogens is 2. The monoisotopic (exact) mass is 466 g/mol. The van der Waals surface area contributed by atoms with E-state index in [9.17, 15) is 20.0 Å². The Balaban J connectivity index is 1.48. The number of benzene rings is 2. The highest BCUT2D eigenvalue weighted by Gasteiger charge is 2.50. The average molecular weight is 467 g/mol. The van der Waals surface area contributed by atoms with Crippen molar-refractivity contribution < 1.29 is 19.4 Å². The molecule has 1 fully saturated rings. The van der Waals surface area contributed by atoms with Gasteiger partial charge in [0.05, 0.1) is 35.5 Å². The number of amides is 1. The number of methoxy groups -OCH3 is 1. The lowest BCUT2D eigenvalue weighted by molar-refractivity contribution is 0.140. The lowest BCUT2D eigenvalue weighted by Gasteiger charge is -2.26. The van der Waals surface area contributed by atoms with Gasteiger partial charge in [0.1, 0.15) is 23.3 Å². The van der Waals surface area contributed by atoms with Gasteiger partial charge in [-0.15, -0.1) is 0 Å². The van der Waals surface area contributed by atoms with Gasteiger partial charge in [-0.05, 0) is 55.3 Å². The highest BCUT2D eigenvalue weighted by atomic mass is 35.5. The van der Waals surface area contributed by atoms with Crippen molar-refractivity contribution in [3.8, 4) is 29.1 Å². The van der Waals surface area contributed by atoms with Crippen LogP contribution in [0.25, 0.3) is 5.69 Å². The molecule has 5 rings (SSSR count). The van der Waals surface area contributed by atoms with Crippen LogP contribution in [0.4, 0.5) is 4.79 Å². The molecule has 0 radical (unpaired) electrons. The first-order chi connectivity index (χ1) is 15.8. The molecule has 1 amide bonds. The molecule has 168 valence electrons. The maximum absolute atomic E-state index is 13.2. The molecule has 1 saturated heterocycles. The lowest BCUT2D eigenvalue weighted by atomic mass is 10.1. The summed E-state index contributed by atoms with van der Waals surface area (Å²) in [5.41, 5.74) is 1.12. The molecular formula is C23H19ClN4O5. The largest absolute Gasteiger partial charge is 0.497 e. The summed E-state index contributed by atoms with van der Waals surface area (Å²) in [5.74, 6) is 0.757. The van der Waals surface area contributed by atoms with E-state index < -0.39 is 17.8 Å². The molecule has 0 aliphatic carbocycles. The number of carbonyl (C=O) groups excluding carboxylic acids is 1. The maximum atomic E-state index is 13.2. The Morgan fingerprint density at radius 1 is 1.21 bits per heavy atom.